The van der Waals surface area contributed by atoms with E-state index in [0.29, 0.717) is 33.9 Å². The second-order valence-corrected chi connectivity index (χ2v) is 9.30. The first-order chi connectivity index (χ1) is 15.6. The van der Waals surface area contributed by atoms with Gasteiger partial charge in [-0.15, -0.1) is 11.3 Å². The van der Waals surface area contributed by atoms with Crippen molar-refractivity contribution in [3.05, 3.63) is 82.5 Å². The van der Waals surface area contributed by atoms with Gasteiger partial charge in [-0.1, -0.05) is 71.0 Å². The van der Waals surface area contributed by atoms with E-state index in [2.05, 4.69) is 10.1 Å². The van der Waals surface area contributed by atoms with Gasteiger partial charge in [0.05, 0.1) is 11.3 Å². The van der Waals surface area contributed by atoms with Gasteiger partial charge in [-0.2, -0.15) is 4.98 Å². The largest absolute Gasteiger partial charge is 0.338 e. The highest BCUT2D eigenvalue weighted by atomic mass is 32.2. The van der Waals surface area contributed by atoms with Crippen molar-refractivity contribution in [1.29, 1.82) is 0 Å². The summed E-state index contributed by atoms with van der Waals surface area (Å²) in [4.78, 5) is 23.5. The van der Waals surface area contributed by atoms with Gasteiger partial charge in [-0.05, 0) is 31.5 Å². The van der Waals surface area contributed by atoms with Crippen LogP contribution in [0, 0.1) is 6.92 Å². The molecule has 0 aliphatic carbocycles. The Kier molecular flexibility index (Phi) is 5.63. The molecule has 3 aromatic heterocycles. The molecule has 0 saturated carbocycles. The summed E-state index contributed by atoms with van der Waals surface area (Å²) >= 11 is 2.92. The summed E-state index contributed by atoms with van der Waals surface area (Å²) in [6.45, 7) is 4.52. The van der Waals surface area contributed by atoms with Crippen molar-refractivity contribution in [2.75, 3.05) is 0 Å². The first-order valence-electron chi connectivity index (χ1n) is 10.2. The maximum Gasteiger partial charge on any atom is 0.272 e. The lowest BCUT2D eigenvalue weighted by atomic mass is 10.1. The van der Waals surface area contributed by atoms with Crippen molar-refractivity contribution < 1.29 is 4.52 Å². The molecule has 6 nitrogen and oxygen atoms in total. The van der Waals surface area contributed by atoms with Crippen LogP contribution in [-0.4, -0.2) is 19.7 Å². The highest BCUT2D eigenvalue weighted by molar-refractivity contribution is 7.98. The van der Waals surface area contributed by atoms with Crippen LogP contribution in [0.4, 0.5) is 0 Å². The monoisotopic (exact) mass is 460 g/mol. The van der Waals surface area contributed by atoms with E-state index in [9.17, 15) is 4.79 Å². The van der Waals surface area contributed by atoms with Crippen molar-refractivity contribution in [2.45, 2.75) is 31.3 Å². The molecule has 0 atom stereocenters. The van der Waals surface area contributed by atoms with Crippen LogP contribution in [0.25, 0.3) is 32.0 Å². The Morgan fingerprint density at radius 2 is 1.84 bits per heavy atom. The van der Waals surface area contributed by atoms with Crippen LogP contribution in [0.1, 0.15) is 18.4 Å². The number of nitrogens with zero attached hydrogens (tertiary/aromatic N) is 4. The minimum atomic E-state index is -0.0156. The van der Waals surface area contributed by atoms with E-state index >= 15 is 0 Å². The number of hydrogen-bond donors (Lipinski definition) is 0. The molecule has 160 valence electrons. The molecule has 0 spiro atoms. The Labute approximate surface area is 193 Å². The lowest BCUT2D eigenvalue weighted by Gasteiger charge is -2.08. The maximum absolute atomic E-state index is 13.1. The normalized spacial score (nSPS) is 11.3. The molecule has 5 rings (SSSR count). The average molecular weight is 461 g/mol. The number of aryl methyl sites for hydroxylation is 1. The molecular formula is C24H20N4O2S2. The van der Waals surface area contributed by atoms with Gasteiger partial charge in [0.2, 0.25) is 11.7 Å². The molecule has 0 amide bonds. The number of thiophene rings is 1. The lowest BCUT2D eigenvalue weighted by Crippen LogP contribution is -2.21. The minimum Gasteiger partial charge on any atom is -0.338 e. The first kappa shape index (κ1) is 20.7. The van der Waals surface area contributed by atoms with Gasteiger partial charge in [0.15, 0.2) is 5.16 Å². The molecule has 0 bridgehead atoms. The molecule has 0 N–H and O–H groups in total. The van der Waals surface area contributed by atoms with Gasteiger partial charge in [0, 0.05) is 17.0 Å². The third-order valence-electron chi connectivity index (χ3n) is 5.04. The Morgan fingerprint density at radius 3 is 2.62 bits per heavy atom. The predicted octanol–water partition coefficient (Wildman–Crippen LogP) is 5.80. The van der Waals surface area contributed by atoms with Crippen LogP contribution < -0.4 is 5.56 Å². The first-order valence-corrected chi connectivity index (χ1v) is 12.0. The molecule has 0 aliphatic rings. The molecule has 8 heteroatoms. The number of aromatic nitrogens is 4. The fourth-order valence-electron chi connectivity index (χ4n) is 3.47. The molecule has 0 aliphatic heterocycles. The second-order valence-electron chi connectivity index (χ2n) is 7.30. The number of thioether (sulfide) groups is 1. The number of rotatable bonds is 6. The zero-order valence-electron chi connectivity index (χ0n) is 17.6. The smallest absolute Gasteiger partial charge is 0.272 e. The Hall–Kier alpha value is -3.23. The third-order valence-corrected chi connectivity index (χ3v) is 7.17. The molecule has 32 heavy (non-hydrogen) atoms. The summed E-state index contributed by atoms with van der Waals surface area (Å²) in [6, 6.07) is 20.0. The second kappa shape index (κ2) is 8.72. The Bertz CT molecular complexity index is 1450. The van der Waals surface area contributed by atoms with Crippen molar-refractivity contribution in [3.63, 3.8) is 0 Å². The van der Waals surface area contributed by atoms with E-state index in [-0.39, 0.29) is 5.56 Å². The van der Waals surface area contributed by atoms with E-state index in [4.69, 9.17) is 9.51 Å². The van der Waals surface area contributed by atoms with Gasteiger partial charge in [0.25, 0.3) is 5.56 Å². The third kappa shape index (κ3) is 3.99. The molecule has 0 unspecified atom stereocenters. The van der Waals surface area contributed by atoms with Crippen molar-refractivity contribution in [1.82, 2.24) is 19.7 Å². The Morgan fingerprint density at radius 1 is 1.03 bits per heavy atom. The van der Waals surface area contributed by atoms with Crippen LogP contribution >= 0.6 is 23.1 Å². The molecule has 0 saturated heterocycles. The molecular weight excluding hydrogens is 440 g/mol. The summed E-state index contributed by atoms with van der Waals surface area (Å²) in [5.74, 6) is 1.50. The quantitative estimate of drug-likeness (QED) is 0.236. The van der Waals surface area contributed by atoms with Crippen LogP contribution in [0.15, 0.2) is 75.1 Å². The average Bonchev–Trinajstić information content (AvgIpc) is 3.46. The number of fused-ring (bicyclic) bond motifs is 1. The van der Waals surface area contributed by atoms with Gasteiger partial charge < -0.3 is 4.52 Å². The van der Waals surface area contributed by atoms with E-state index in [1.165, 1.54) is 23.1 Å². The van der Waals surface area contributed by atoms with Gasteiger partial charge in [-0.3, -0.25) is 9.36 Å². The van der Waals surface area contributed by atoms with Gasteiger partial charge in [-0.25, -0.2) is 4.98 Å². The molecule has 0 fully saturated rings. The summed E-state index contributed by atoms with van der Waals surface area (Å²) in [5, 5.41) is 4.75. The van der Waals surface area contributed by atoms with E-state index in [1.807, 2.05) is 74.5 Å². The highest BCUT2D eigenvalue weighted by Crippen LogP contribution is 2.32. The minimum absolute atomic E-state index is 0.0156. The molecule has 3 heterocycles. The lowest BCUT2D eigenvalue weighted by molar-refractivity contribution is 0.391. The van der Waals surface area contributed by atoms with Crippen molar-refractivity contribution >= 4 is 33.3 Å². The van der Waals surface area contributed by atoms with Crippen LogP contribution in [0.3, 0.4) is 0 Å². The van der Waals surface area contributed by atoms with Crippen molar-refractivity contribution in [3.8, 4) is 21.8 Å². The predicted molar refractivity (Wildman–Crippen MR) is 129 cm³/mol. The maximum atomic E-state index is 13.1. The fraction of sp³-hybridized carbons (Fsp3) is 0.167. The number of hydrogen-bond acceptors (Lipinski definition) is 7. The van der Waals surface area contributed by atoms with Crippen LogP contribution in [0.5, 0.6) is 0 Å². The van der Waals surface area contributed by atoms with Crippen LogP contribution in [-0.2, 0) is 12.3 Å². The summed E-state index contributed by atoms with van der Waals surface area (Å²) in [7, 11) is 0. The fourth-order valence-corrected chi connectivity index (χ4v) is 5.42. The van der Waals surface area contributed by atoms with E-state index < -0.39 is 0 Å². The SMILES string of the molecule is CCn1c(SCc2nc(-c3cccc(C)c3)no2)nc2cc(-c3ccccc3)sc2c1=O. The topological polar surface area (TPSA) is 73.8 Å². The molecule has 5 aromatic rings. The van der Waals surface area contributed by atoms with E-state index in [1.54, 1.807) is 4.57 Å². The summed E-state index contributed by atoms with van der Waals surface area (Å²) in [5.41, 5.74) is 3.84. The standard InChI is InChI=1S/C24H20N4O2S2/c1-3-28-23(29)21-18(13-19(32-21)16-9-5-4-6-10-16)25-24(28)31-14-20-26-22(27-30-20)17-11-7-8-15(2)12-17/h4-13H,3,14H2,1-2H3. The van der Waals surface area contributed by atoms with Gasteiger partial charge in [0.1, 0.15) is 4.70 Å². The Balaban J connectivity index is 1.43. The zero-order valence-corrected chi connectivity index (χ0v) is 19.2. The van der Waals surface area contributed by atoms with Crippen molar-refractivity contribution in [2.24, 2.45) is 0 Å². The highest BCUT2D eigenvalue weighted by Gasteiger charge is 2.16. The van der Waals surface area contributed by atoms with Gasteiger partial charge >= 0.3 is 0 Å². The number of benzene rings is 2. The molecule has 2 aromatic carbocycles. The summed E-state index contributed by atoms with van der Waals surface area (Å²) < 4.78 is 7.82. The molecule has 0 radical (unpaired) electrons. The van der Waals surface area contributed by atoms with Crippen LogP contribution in [0.2, 0.25) is 0 Å². The summed E-state index contributed by atoms with van der Waals surface area (Å²) in [6.07, 6.45) is 0. The van der Waals surface area contributed by atoms with E-state index in [0.717, 1.165) is 27.1 Å². The zero-order chi connectivity index (χ0) is 22.1.